The molecular weight excluding hydrogens is 282 g/mol. The van der Waals surface area contributed by atoms with E-state index in [1.165, 1.54) is 57.8 Å². The predicted molar refractivity (Wildman–Crippen MR) is 91.8 cm³/mol. The first kappa shape index (κ1) is 14.8. The van der Waals surface area contributed by atoms with Crippen LogP contribution in [0.5, 0.6) is 0 Å². The number of hydrogen-bond donors (Lipinski definition) is 0. The van der Waals surface area contributed by atoms with Crippen LogP contribution in [-0.4, -0.2) is 23.4 Å². The molecule has 6 bridgehead atoms. The van der Waals surface area contributed by atoms with Crippen LogP contribution in [0.1, 0.15) is 78.6 Å². The van der Waals surface area contributed by atoms with Crippen molar-refractivity contribution in [3.63, 3.8) is 0 Å². The highest BCUT2D eigenvalue weighted by Crippen LogP contribution is 2.62. The standard InChI is InChI=1S/C21H33NO/c1-19(2)10-17-11-20(3,12-19)13-22(17)18(23)21-7-14-4-15(8-21)6-16(5-14)9-21/h14-17H,4-13H2,1-3H3. The van der Waals surface area contributed by atoms with Gasteiger partial charge in [0.1, 0.15) is 0 Å². The molecule has 0 N–H and O–H groups in total. The van der Waals surface area contributed by atoms with Crippen LogP contribution in [0.15, 0.2) is 0 Å². The maximum Gasteiger partial charge on any atom is 0.229 e. The van der Waals surface area contributed by atoms with E-state index in [0.29, 0.717) is 22.8 Å². The molecule has 0 aromatic carbocycles. The summed E-state index contributed by atoms with van der Waals surface area (Å²) in [5.41, 5.74) is 0.852. The Kier molecular flexibility index (Phi) is 2.80. The van der Waals surface area contributed by atoms with E-state index < -0.39 is 0 Å². The molecular formula is C21H33NO. The molecule has 2 nitrogen and oxygen atoms in total. The average Bonchev–Trinajstić information content (AvgIpc) is 2.65. The van der Waals surface area contributed by atoms with Gasteiger partial charge in [0.2, 0.25) is 5.91 Å². The van der Waals surface area contributed by atoms with E-state index in [-0.39, 0.29) is 5.41 Å². The topological polar surface area (TPSA) is 20.3 Å². The highest BCUT2D eigenvalue weighted by Gasteiger charge is 2.59. The molecule has 5 saturated carbocycles. The quantitative estimate of drug-likeness (QED) is 0.691. The molecule has 1 saturated heterocycles. The highest BCUT2D eigenvalue weighted by molar-refractivity contribution is 5.84. The number of amides is 1. The first-order valence-corrected chi connectivity index (χ1v) is 10.1. The van der Waals surface area contributed by atoms with Gasteiger partial charge in [-0.2, -0.15) is 0 Å². The molecule has 6 fully saturated rings. The Hall–Kier alpha value is -0.530. The average molecular weight is 316 g/mol. The Morgan fingerprint density at radius 1 is 0.870 bits per heavy atom. The minimum absolute atomic E-state index is 0.0622. The zero-order chi connectivity index (χ0) is 16.0. The van der Waals surface area contributed by atoms with Crippen molar-refractivity contribution in [1.29, 1.82) is 0 Å². The van der Waals surface area contributed by atoms with Crippen LogP contribution in [0.3, 0.4) is 0 Å². The molecule has 0 radical (unpaired) electrons. The summed E-state index contributed by atoms with van der Waals surface area (Å²) >= 11 is 0. The van der Waals surface area contributed by atoms with Crippen LogP contribution in [0.2, 0.25) is 0 Å². The molecule has 2 unspecified atom stereocenters. The summed E-state index contributed by atoms with van der Waals surface area (Å²) in [6.07, 6.45) is 11.7. The predicted octanol–water partition coefficient (Wildman–Crippen LogP) is 4.63. The summed E-state index contributed by atoms with van der Waals surface area (Å²) in [7, 11) is 0. The van der Waals surface area contributed by atoms with Crippen LogP contribution in [0.4, 0.5) is 0 Å². The van der Waals surface area contributed by atoms with Crippen LogP contribution in [0, 0.1) is 34.0 Å². The van der Waals surface area contributed by atoms with E-state index in [2.05, 4.69) is 25.7 Å². The number of carbonyl (C=O) groups excluding carboxylic acids is 1. The number of rotatable bonds is 1. The number of hydrogen-bond acceptors (Lipinski definition) is 1. The van der Waals surface area contributed by atoms with Crippen LogP contribution in [-0.2, 0) is 4.79 Å². The molecule has 0 spiro atoms. The lowest BCUT2D eigenvalue weighted by Gasteiger charge is -2.56. The van der Waals surface area contributed by atoms with E-state index in [0.717, 1.165) is 24.3 Å². The van der Waals surface area contributed by atoms with Crippen molar-refractivity contribution >= 4 is 5.91 Å². The number of nitrogens with zero attached hydrogens (tertiary/aromatic N) is 1. The van der Waals surface area contributed by atoms with Crippen LogP contribution in [0.25, 0.3) is 0 Å². The second kappa shape index (κ2) is 4.35. The first-order chi connectivity index (χ1) is 10.8. The smallest absolute Gasteiger partial charge is 0.229 e. The minimum Gasteiger partial charge on any atom is -0.339 e. The maximum absolute atomic E-state index is 13.7. The molecule has 1 amide bonds. The molecule has 2 atom stereocenters. The Balaban J connectivity index is 1.43. The molecule has 23 heavy (non-hydrogen) atoms. The van der Waals surface area contributed by atoms with Gasteiger partial charge in [0.05, 0.1) is 5.41 Å². The zero-order valence-electron chi connectivity index (χ0n) is 15.2. The lowest BCUT2D eigenvalue weighted by atomic mass is 9.49. The number of fused-ring (bicyclic) bond motifs is 2. The van der Waals surface area contributed by atoms with E-state index in [9.17, 15) is 4.79 Å². The van der Waals surface area contributed by atoms with Crippen molar-refractivity contribution in [3.8, 4) is 0 Å². The van der Waals surface area contributed by atoms with Gasteiger partial charge in [0.25, 0.3) is 0 Å². The first-order valence-electron chi connectivity index (χ1n) is 10.1. The molecule has 0 aromatic rings. The molecule has 6 rings (SSSR count). The van der Waals surface area contributed by atoms with Gasteiger partial charge in [-0.25, -0.2) is 0 Å². The number of carbonyl (C=O) groups is 1. The maximum atomic E-state index is 13.7. The van der Waals surface area contributed by atoms with E-state index in [1.807, 2.05) is 0 Å². The fourth-order valence-corrected chi connectivity index (χ4v) is 8.37. The molecule has 1 aliphatic heterocycles. The van der Waals surface area contributed by atoms with Crippen LogP contribution >= 0.6 is 0 Å². The molecule has 2 heteroatoms. The molecule has 6 aliphatic rings. The van der Waals surface area contributed by atoms with Crippen molar-refractivity contribution in [2.75, 3.05) is 6.54 Å². The Bertz CT molecular complexity index is 515. The Morgan fingerprint density at radius 3 is 2.00 bits per heavy atom. The van der Waals surface area contributed by atoms with E-state index in [4.69, 9.17) is 0 Å². The number of likely N-dealkylation sites (tertiary alicyclic amines) is 1. The highest BCUT2D eigenvalue weighted by atomic mass is 16.2. The van der Waals surface area contributed by atoms with Crippen molar-refractivity contribution in [1.82, 2.24) is 4.90 Å². The second-order valence-corrected chi connectivity index (χ2v) is 11.3. The van der Waals surface area contributed by atoms with Gasteiger partial charge in [0, 0.05) is 12.6 Å². The second-order valence-electron chi connectivity index (χ2n) is 11.3. The molecule has 0 aromatic heterocycles. The van der Waals surface area contributed by atoms with E-state index in [1.54, 1.807) is 0 Å². The van der Waals surface area contributed by atoms with Gasteiger partial charge in [0.15, 0.2) is 0 Å². The molecule has 5 aliphatic carbocycles. The SMILES string of the molecule is CC1(C)CC2CC(C)(CN2C(=O)C23CC4CC(CC(C4)C2)C3)C1. The van der Waals surface area contributed by atoms with Gasteiger partial charge in [-0.05, 0) is 86.4 Å². The summed E-state index contributed by atoms with van der Waals surface area (Å²) in [5.74, 6) is 3.21. The largest absolute Gasteiger partial charge is 0.339 e. The fraction of sp³-hybridized carbons (Fsp3) is 0.952. The summed E-state index contributed by atoms with van der Waals surface area (Å²) in [5, 5.41) is 0. The third-order valence-corrected chi connectivity index (χ3v) is 8.17. The van der Waals surface area contributed by atoms with Gasteiger partial charge >= 0.3 is 0 Å². The van der Waals surface area contributed by atoms with Gasteiger partial charge in [-0.3, -0.25) is 4.79 Å². The van der Waals surface area contributed by atoms with E-state index >= 15 is 0 Å². The van der Waals surface area contributed by atoms with Crippen LogP contribution < -0.4 is 0 Å². The lowest BCUT2D eigenvalue weighted by Crippen LogP contribution is -2.55. The summed E-state index contributed by atoms with van der Waals surface area (Å²) < 4.78 is 0. The lowest BCUT2D eigenvalue weighted by molar-refractivity contribution is -0.158. The van der Waals surface area contributed by atoms with Crippen molar-refractivity contribution in [2.45, 2.75) is 84.6 Å². The van der Waals surface area contributed by atoms with Crippen molar-refractivity contribution in [2.24, 2.45) is 34.0 Å². The third kappa shape index (κ3) is 2.15. The molecule has 128 valence electrons. The minimum atomic E-state index is 0.0622. The third-order valence-electron chi connectivity index (χ3n) is 8.17. The Morgan fingerprint density at radius 2 is 1.43 bits per heavy atom. The summed E-state index contributed by atoms with van der Waals surface area (Å²) in [6, 6.07) is 0.532. The molecule has 1 heterocycles. The monoisotopic (exact) mass is 315 g/mol. The normalized spacial score (nSPS) is 52.9. The Labute approximate surface area is 141 Å². The van der Waals surface area contributed by atoms with Crippen molar-refractivity contribution < 1.29 is 4.79 Å². The van der Waals surface area contributed by atoms with Crippen molar-refractivity contribution in [3.05, 3.63) is 0 Å². The van der Waals surface area contributed by atoms with Gasteiger partial charge in [-0.1, -0.05) is 20.8 Å². The van der Waals surface area contributed by atoms with Gasteiger partial charge in [-0.15, -0.1) is 0 Å². The van der Waals surface area contributed by atoms with Gasteiger partial charge < -0.3 is 4.90 Å². The zero-order valence-corrected chi connectivity index (χ0v) is 15.2. The summed E-state index contributed by atoms with van der Waals surface area (Å²) in [4.78, 5) is 16.1. The summed E-state index contributed by atoms with van der Waals surface area (Å²) in [6.45, 7) is 8.31. The fourth-order valence-electron chi connectivity index (χ4n) is 8.37.